The van der Waals surface area contributed by atoms with E-state index >= 15 is 0 Å². The van der Waals surface area contributed by atoms with Gasteiger partial charge in [0.1, 0.15) is 0 Å². The Morgan fingerprint density at radius 3 is 2.48 bits per heavy atom. The van der Waals surface area contributed by atoms with Crippen LogP contribution >= 0.6 is 0 Å². The molecule has 1 aromatic carbocycles. The zero-order valence-electron chi connectivity index (χ0n) is 14.2. The molecule has 1 aliphatic carbocycles. The van der Waals surface area contributed by atoms with E-state index in [2.05, 4.69) is 50.4 Å². The van der Waals surface area contributed by atoms with Crippen molar-refractivity contribution < 1.29 is 0 Å². The summed E-state index contributed by atoms with van der Waals surface area (Å²) in [5, 5.41) is 3.80. The zero-order chi connectivity index (χ0) is 15.1. The first-order chi connectivity index (χ1) is 10.2. The summed E-state index contributed by atoms with van der Waals surface area (Å²) in [7, 11) is 0. The molecule has 1 aromatic rings. The lowest BCUT2D eigenvalue weighted by atomic mass is 9.81. The van der Waals surface area contributed by atoms with Crippen molar-refractivity contribution in [3.8, 4) is 0 Å². The third-order valence-electron chi connectivity index (χ3n) is 4.89. The van der Waals surface area contributed by atoms with Crippen LogP contribution < -0.4 is 5.32 Å². The van der Waals surface area contributed by atoms with Crippen LogP contribution in [0.2, 0.25) is 0 Å². The second-order valence-corrected chi connectivity index (χ2v) is 7.21. The fourth-order valence-corrected chi connectivity index (χ4v) is 3.52. The minimum absolute atomic E-state index is 0.591. The van der Waals surface area contributed by atoms with Crippen molar-refractivity contribution in [3.05, 3.63) is 35.4 Å². The molecule has 0 bridgehead atoms. The molecule has 0 saturated carbocycles. The Bertz CT molecular complexity index is 410. The molecule has 21 heavy (non-hydrogen) atoms. The molecule has 0 aromatic heterocycles. The third-order valence-corrected chi connectivity index (χ3v) is 4.89. The van der Waals surface area contributed by atoms with Gasteiger partial charge in [-0.2, -0.15) is 0 Å². The van der Waals surface area contributed by atoms with Crippen LogP contribution in [0.1, 0.15) is 88.8 Å². The summed E-state index contributed by atoms with van der Waals surface area (Å²) in [6.07, 6.45) is 9.52. The number of hydrogen-bond donors (Lipinski definition) is 1. The van der Waals surface area contributed by atoms with Gasteiger partial charge in [-0.25, -0.2) is 0 Å². The third kappa shape index (κ3) is 5.14. The molecule has 2 atom stereocenters. The maximum atomic E-state index is 3.80. The highest BCUT2D eigenvalue weighted by atomic mass is 14.9. The van der Waals surface area contributed by atoms with Gasteiger partial charge in [-0.15, -0.1) is 0 Å². The summed E-state index contributed by atoms with van der Waals surface area (Å²) in [4.78, 5) is 0. The van der Waals surface area contributed by atoms with E-state index in [-0.39, 0.29) is 0 Å². The van der Waals surface area contributed by atoms with Gasteiger partial charge >= 0.3 is 0 Å². The smallest absolute Gasteiger partial charge is 0.0323 e. The molecule has 0 radical (unpaired) electrons. The average Bonchev–Trinajstić information content (AvgIpc) is 2.48. The second-order valence-electron chi connectivity index (χ2n) is 7.21. The summed E-state index contributed by atoms with van der Waals surface area (Å²) in [5.74, 6) is 1.60. The Morgan fingerprint density at radius 1 is 1.00 bits per heavy atom. The van der Waals surface area contributed by atoms with E-state index < -0.39 is 0 Å². The minimum atomic E-state index is 0.591. The lowest BCUT2D eigenvalue weighted by Gasteiger charge is -2.30. The Labute approximate surface area is 131 Å². The summed E-state index contributed by atoms with van der Waals surface area (Å²) < 4.78 is 0. The minimum Gasteiger partial charge on any atom is -0.310 e. The van der Waals surface area contributed by atoms with Crippen LogP contribution in [0.15, 0.2) is 24.3 Å². The fourth-order valence-electron chi connectivity index (χ4n) is 3.52. The highest BCUT2D eigenvalue weighted by Gasteiger charge is 2.23. The predicted molar refractivity (Wildman–Crippen MR) is 92.8 cm³/mol. The molecule has 0 fully saturated rings. The lowest BCUT2D eigenvalue weighted by molar-refractivity contribution is 0.422. The molecular formula is C20H33N. The predicted octanol–water partition coefficient (Wildman–Crippen LogP) is 5.82. The first-order valence-electron chi connectivity index (χ1n) is 9.00. The normalized spacial score (nSPS) is 21.5. The lowest BCUT2D eigenvalue weighted by Crippen LogP contribution is -2.27. The van der Waals surface area contributed by atoms with Crippen molar-refractivity contribution in [2.75, 3.05) is 6.54 Å². The number of fused-ring (bicyclic) bond motifs is 1. The maximum absolute atomic E-state index is 3.80. The monoisotopic (exact) mass is 287 g/mol. The van der Waals surface area contributed by atoms with Crippen LogP contribution in [0, 0.1) is 5.92 Å². The number of unbranched alkanes of at least 4 members (excludes halogenated alkanes) is 3. The molecule has 0 amide bonds. The van der Waals surface area contributed by atoms with Crippen molar-refractivity contribution in [2.24, 2.45) is 5.92 Å². The van der Waals surface area contributed by atoms with Gasteiger partial charge in [0, 0.05) is 6.04 Å². The van der Waals surface area contributed by atoms with Gasteiger partial charge in [0.05, 0.1) is 0 Å². The Hall–Kier alpha value is -0.820. The van der Waals surface area contributed by atoms with Crippen LogP contribution in [0.25, 0.3) is 0 Å². The number of hydrogen-bond acceptors (Lipinski definition) is 1. The Kier molecular flexibility index (Phi) is 6.76. The SMILES string of the molecule is CC(C)CCCCCCNC1CCC(C)c2ccccc21. The maximum Gasteiger partial charge on any atom is 0.0323 e. The van der Waals surface area contributed by atoms with Crippen LogP contribution in [-0.2, 0) is 0 Å². The quantitative estimate of drug-likeness (QED) is 0.594. The van der Waals surface area contributed by atoms with Crippen LogP contribution in [-0.4, -0.2) is 6.54 Å². The number of rotatable bonds is 8. The van der Waals surface area contributed by atoms with E-state index in [1.807, 2.05) is 0 Å². The summed E-state index contributed by atoms with van der Waals surface area (Å²) in [5.41, 5.74) is 3.12. The summed E-state index contributed by atoms with van der Waals surface area (Å²) in [6.45, 7) is 8.19. The molecule has 2 rings (SSSR count). The topological polar surface area (TPSA) is 12.0 Å². The highest BCUT2D eigenvalue weighted by Crippen LogP contribution is 2.36. The van der Waals surface area contributed by atoms with E-state index in [1.54, 1.807) is 11.1 Å². The molecule has 2 unspecified atom stereocenters. The molecule has 1 aliphatic rings. The number of benzene rings is 1. The van der Waals surface area contributed by atoms with Crippen molar-refractivity contribution in [2.45, 2.75) is 77.7 Å². The highest BCUT2D eigenvalue weighted by molar-refractivity contribution is 5.34. The van der Waals surface area contributed by atoms with Crippen molar-refractivity contribution in [3.63, 3.8) is 0 Å². The molecule has 0 heterocycles. The summed E-state index contributed by atoms with van der Waals surface area (Å²) >= 11 is 0. The molecular weight excluding hydrogens is 254 g/mol. The molecule has 1 heteroatoms. The first kappa shape index (κ1) is 16.5. The van der Waals surface area contributed by atoms with Crippen LogP contribution in [0.4, 0.5) is 0 Å². The van der Waals surface area contributed by atoms with E-state index in [1.165, 1.54) is 51.5 Å². The van der Waals surface area contributed by atoms with Crippen molar-refractivity contribution >= 4 is 0 Å². The molecule has 0 aliphatic heterocycles. The fraction of sp³-hybridized carbons (Fsp3) is 0.700. The van der Waals surface area contributed by atoms with Gasteiger partial charge in [-0.05, 0) is 48.8 Å². The van der Waals surface area contributed by atoms with Crippen molar-refractivity contribution in [1.82, 2.24) is 5.32 Å². The van der Waals surface area contributed by atoms with Crippen LogP contribution in [0.3, 0.4) is 0 Å². The Morgan fingerprint density at radius 2 is 1.71 bits per heavy atom. The Balaban J connectivity index is 1.69. The van der Waals surface area contributed by atoms with Crippen molar-refractivity contribution in [1.29, 1.82) is 0 Å². The van der Waals surface area contributed by atoms with Gasteiger partial charge in [0.25, 0.3) is 0 Å². The molecule has 1 N–H and O–H groups in total. The summed E-state index contributed by atoms with van der Waals surface area (Å²) in [6, 6.07) is 9.61. The van der Waals surface area contributed by atoms with Gasteiger partial charge < -0.3 is 5.32 Å². The number of nitrogens with one attached hydrogen (secondary N) is 1. The molecule has 0 spiro atoms. The molecule has 0 saturated heterocycles. The van der Waals surface area contributed by atoms with E-state index in [4.69, 9.17) is 0 Å². The van der Waals surface area contributed by atoms with E-state index in [0.717, 1.165) is 11.8 Å². The van der Waals surface area contributed by atoms with Gasteiger partial charge in [0.2, 0.25) is 0 Å². The second kappa shape index (κ2) is 8.58. The average molecular weight is 287 g/mol. The standard InChI is InChI=1S/C20H33N/c1-16(2)10-6-4-5-9-15-21-20-14-13-17(3)18-11-7-8-12-19(18)20/h7-8,11-12,16-17,20-21H,4-6,9-10,13-15H2,1-3H3. The van der Waals surface area contributed by atoms with Gasteiger partial charge in [-0.3, -0.25) is 0 Å². The largest absolute Gasteiger partial charge is 0.310 e. The molecule has 118 valence electrons. The van der Waals surface area contributed by atoms with Gasteiger partial charge in [-0.1, -0.05) is 70.7 Å². The van der Waals surface area contributed by atoms with E-state index in [9.17, 15) is 0 Å². The van der Waals surface area contributed by atoms with Crippen LogP contribution in [0.5, 0.6) is 0 Å². The zero-order valence-corrected chi connectivity index (χ0v) is 14.2. The van der Waals surface area contributed by atoms with E-state index in [0.29, 0.717) is 6.04 Å². The molecule has 1 nitrogen and oxygen atoms in total. The van der Waals surface area contributed by atoms with Gasteiger partial charge in [0.15, 0.2) is 0 Å². The first-order valence-corrected chi connectivity index (χ1v) is 9.00.